The van der Waals surface area contributed by atoms with Crippen LogP contribution in [-0.2, 0) is 11.3 Å². The molecular formula is C21H26ClFN4O2S. The summed E-state index contributed by atoms with van der Waals surface area (Å²) in [7, 11) is 0. The predicted molar refractivity (Wildman–Crippen MR) is 116 cm³/mol. The van der Waals surface area contributed by atoms with E-state index in [0.717, 1.165) is 12.8 Å². The highest BCUT2D eigenvalue weighted by Gasteiger charge is 2.21. The minimum Gasteiger partial charge on any atom is -0.481 e. The molecule has 0 spiro atoms. The van der Waals surface area contributed by atoms with E-state index in [1.165, 1.54) is 49.2 Å². The number of allylic oxidation sites excluding steroid dienone is 1. The Morgan fingerprint density at radius 1 is 1.43 bits per heavy atom. The number of nitrogens with zero attached hydrogens (tertiary/aromatic N) is 3. The number of carbonyl (C=O) groups is 1. The second-order valence-corrected chi connectivity index (χ2v) is 8.62. The molecule has 1 aromatic carbocycles. The maximum atomic E-state index is 13.3. The lowest BCUT2D eigenvalue weighted by Crippen LogP contribution is -2.37. The van der Waals surface area contributed by atoms with E-state index in [1.807, 2.05) is 11.5 Å². The molecule has 1 heterocycles. The van der Waals surface area contributed by atoms with E-state index in [4.69, 9.17) is 16.3 Å². The lowest BCUT2D eigenvalue weighted by Gasteiger charge is -2.22. The third kappa shape index (κ3) is 5.98. The minimum atomic E-state index is -0.481. The molecule has 9 heteroatoms. The first-order valence-corrected chi connectivity index (χ1v) is 11.4. The van der Waals surface area contributed by atoms with Gasteiger partial charge in [0.25, 0.3) is 0 Å². The lowest BCUT2D eigenvalue weighted by atomic mass is 9.95. The molecule has 3 rings (SSSR count). The van der Waals surface area contributed by atoms with Crippen molar-refractivity contribution in [3.05, 3.63) is 47.5 Å². The second-order valence-electron chi connectivity index (χ2n) is 7.27. The third-order valence-corrected chi connectivity index (χ3v) is 6.18. The van der Waals surface area contributed by atoms with Gasteiger partial charge in [-0.1, -0.05) is 48.7 Å². The Labute approximate surface area is 185 Å². The highest BCUT2D eigenvalue weighted by atomic mass is 35.5. The number of benzene rings is 1. The van der Waals surface area contributed by atoms with Gasteiger partial charge in [-0.05, 0) is 38.0 Å². The van der Waals surface area contributed by atoms with Crippen LogP contribution in [0.3, 0.4) is 0 Å². The number of carbonyl (C=O) groups excluding carboxylic acids is 1. The highest BCUT2D eigenvalue weighted by Crippen LogP contribution is 2.30. The van der Waals surface area contributed by atoms with E-state index in [0.29, 0.717) is 23.3 Å². The van der Waals surface area contributed by atoms with E-state index >= 15 is 0 Å². The molecule has 1 aliphatic carbocycles. The van der Waals surface area contributed by atoms with Crippen LogP contribution in [0.4, 0.5) is 4.39 Å². The first-order chi connectivity index (χ1) is 14.5. The van der Waals surface area contributed by atoms with Crippen LogP contribution in [0, 0.1) is 5.82 Å². The van der Waals surface area contributed by atoms with E-state index < -0.39 is 11.9 Å². The molecule has 2 aromatic rings. The van der Waals surface area contributed by atoms with Gasteiger partial charge in [-0.25, -0.2) is 4.39 Å². The van der Waals surface area contributed by atoms with Gasteiger partial charge in [0.15, 0.2) is 17.1 Å². The SMILES string of the molecule is C=CCn1c(SCC(=O)NC2CCCCC2)nnc1C(C)Oc1ccc(F)cc1Cl. The first-order valence-electron chi connectivity index (χ1n) is 10.1. The summed E-state index contributed by atoms with van der Waals surface area (Å²) >= 11 is 7.39. The molecule has 6 nitrogen and oxygen atoms in total. The van der Waals surface area contributed by atoms with Gasteiger partial charge in [-0.15, -0.1) is 16.8 Å². The van der Waals surface area contributed by atoms with Crippen LogP contribution >= 0.6 is 23.4 Å². The fourth-order valence-electron chi connectivity index (χ4n) is 3.47. The fraction of sp³-hybridized carbons (Fsp3) is 0.476. The van der Waals surface area contributed by atoms with Crippen molar-refractivity contribution in [3.8, 4) is 5.75 Å². The monoisotopic (exact) mass is 452 g/mol. The molecule has 1 aliphatic rings. The largest absolute Gasteiger partial charge is 0.481 e. The van der Waals surface area contributed by atoms with Crippen molar-refractivity contribution >= 4 is 29.3 Å². The molecule has 1 N–H and O–H groups in total. The molecule has 162 valence electrons. The van der Waals surface area contributed by atoms with Gasteiger partial charge in [0.1, 0.15) is 11.6 Å². The van der Waals surface area contributed by atoms with Gasteiger partial charge in [-0.2, -0.15) is 0 Å². The Morgan fingerprint density at radius 2 is 2.20 bits per heavy atom. The standard InChI is InChI=1S/C21H26ClFN4O2S/c1-3-11-27-20(14(2)29-18-10-9-15(23)12-17(18)22)25-26-21(27)30-13-19(28)24-16-7-5-4-6-8-16/h3,9-10,12,14,16H,1,4-8,11,13H2,2H3,(H,24,28). The molecule has 30 heavy (non-hydrogen) atoms. The number of nitrogens with one attached hydrogen (secondary N) is 1. The third-order valence-electron chi connectivity index (χ3n) is 4.92. The normalized spacial score (nSPS) is 15.6. The zero-order chi connectivity index (χ0) is 21.5. The van der Waals surface area contributed by atoms with Crippen molar-refractivity contribution in [2.24, 2.45) is 0 Å². The van der Waals surface area contributed by atoms with Crippen molar-refractivity contribution in [2.45, 2.75) is 62.9 Å². The maximum Gasteiger partial charge on any atom is 0.230 e. The Balaban J connectivity index is 1.64. The fourth-order valence-corrected chi connectivity index (χ4v) is 4.45. The molecule has 0 aliphatic heterocycles. The van der Waals surface area contributed by atoms with Gasteiger partial charge in [0, 0.05) is 12.6 Å². The summed E-state index contributed by atoms with van der Waals surface area (Å²) in [6.45, 7) is 6.07. The van der Waals surface area contributed by atoms with Crippen LogP contribution in [0.1, 0.15) is 51.0 Å². The Hall–Kier alpha value is -2.06. The van der Waals surface area contributed by atoms with Gasteiger partial charge in [0.05, 0.1) is 10.8 Å². The van der Waals surface area contributed by atoms with E-state index in [2.05, 4.69) is 22.1 Å². The highest BCUT2D eigenvalue weighted by molar-refractivity contribution is 7.99. The molecule has 0 saturated heterocycles. The zero-order valence-corrected chi connectivity index (χ0v) is 18.5. The Kier molecular flexibility index (Phi) is 8.16. The van der Waals surface area contributed by atoms with Crippen molar-refractivity contribution in [2.75, 3.05) is 5.75 Å². The number of halogens is 2. The van der Waals surface area contributed by atoms with Crippen LogP contribution in [-0.4, -0.2) is 32.5 Å². The average Bonchev–Trinajstić information content (AvgIpc) is 3.12. The molecule has 1 saturated carbocycles. The van der Waals surface area contributed by atoms with E-state index in [-0.39, 0.29) is 22.7 Å². The predicted octanol–water partition coefficient (Wildman–Crippen LogP) is 4.94. The molecule has 1 atom stereocenters. The number of thioether (sulfide) groups is 1. The van der Waals surface area contributed by atoms with Crippen molar-refractivity contribution < 1.29 is 13.9 Å². The van der Waals surface area contributed by atoms with Crippen LogP contribution in [0.15, 0.2) is 36.0 Å². The number of hydrogen-bond acceptors (Lipinski definition) is 5. The van der Waals surface area contributed by atoms with Crippen molar-refractivity contribution in [1.82, 2.24) is 20.1 Å². The molecular weight excluding hydrogens is 427 g/mol. The lowest BCUT2D eigenvalue weighted by molar-refractivity contribution is -0.119. The summed E-state index contributed by atoms with van der Waals surface area (Å²) < 4.78 is 21.0. The Morgan fingerprint density at radius 3 is 2.90 bits per heavy atom. The van der Waals surface area contributed by atoms with Gasteiger partial charge >= 0.3 is 0 Å². The summed E-state index contributed by atoms with van der Waals surface area (Å²) in [5.74, 6) is 0.777. The summed E-state index contributed by atoms with van der Waals surface area (Å²) in [4.78, 5) is 12.3. The number of amides is 1. The van der Waals surface area contributed by atoms with Crippen LogP contribution in [0.2, 0.25) is 5.02 Å². The summed E-state index contributed by atoms with van der Waals surface area (Å²) in [6.07, 6.45) is 6.94. The van der Waals surface area contributed by atoms with Gasteiger partial charge in [0.2, 0.25) is 5.91 Å². The second kappa shape index (κ2) is 10.8. The maximum absolute atomic E-state index is 13.3. The topological polar surface area (TPSA) is 69.0 Å². The van der Waals surface area contributed by atoms with Crippen LogP contribution in [0.25, 0.3) is 0 Å². The van der Waals surface area contributed by atoms with Crippen molar-refractivity contribution in [1.29, 1.82) is 0 Å². The van der Waals surface area contributed by atoms with Crippen LogP contribution in [0.5, 0.6) is 5.75 Å². The molecule has 1 fully saturated rings. The van der Waals surface area contributed by atoms with Crippen LogP contribution < -0.4 is 10.1 Å². The van der Waals surface area contributed by atoms with Gasteiger partial charge in [-0.3, -0.25) is 9.36 Å². The smallest absolute Gasteiger partial charge is 0.230 e. The average molecular weight is 453 g/mol. The number of ether oxygens (including phenoxy) is 1. The molecule has 1 aromatic heterocycles. The van der Waals surface area contributed by atoms with Crippen molar-refractivity contribution in [3.63, 3.8) is 0 Å². The van der Waals surface area contributed by atoms with Gasteiger partial charge < -0.3 is 10.1 Å². The number of aromatic nitrogens is 3. The summed E-state index contributed by atoms with van der Waals surface area (Å²) in [5.41, 5.74) is 0. The molecule has 0 radical (unpaired) electrons. The molecule has 0 bridgehead atoms. The Bertz CT molecular complexity index is 886. The minimum absolute atomic E-state index is 0.00370. The molecule has 1 amide bonds. The number of rotatable bonds is 9. The van der Waals surface area contributed by atoms with E-state index in [9.17, 15) is 9.18 Å². The zero-order valence-electron chi connectivity index (χ0n) is 16.9. The summed E-state index contributed by atoms with van der Waals surface area (Å²) in [5, 5.41) is 12.4. The quantitative estimate of drug-likeness (QED) is 0.431. The van der Waals surface area contributed by atoms with E-state index in [1.54, 1.807) is 6.08 Å². The molecule has 1 unspecified atom stereocenters. The number of hydrogen-bond donors (Lipinski definition) is 1. The summed E-state index contributed by atoms with van der Waals surface area (Å²) in [6, 6.07) is 4.24. The first kappa shape index (κ1) is 22.6.